The van der Waals surface area contributed by atoms with Crippen molar-refractivity contribution >= 4 is 11.8 Å². The molecule has 1 atom stereocenters. The summed E-state index contributed by atoms with van der Waals surface area (Å²) in [6.45, 7) is 5.54. The van der Waals surface area contributed by atoms with Gasteiger partial charge in [-0.3, -0.25) is 14.5 Å². The third kappa shape index (κ3) is 7.29. The molecule has 3 aromatic carbocycles. The predicted octanol–water partition coefficient (Wildman–Crippen LogP) is 4.18. The van der Waals surface area contributed by atoms with E-state index in [1.54, 1.807) is 12.1 Å². The van der Waals surface area contributed by atoms with Gasteiger partial charge < -0.3 is 10.6 Å². The van der Waals surface area contributed by atoms with Crippen molar-refractivity contribution in [3.63, 3.8) is 0 Å². The lowest BCUT2D eigenvalue weighted by Gasteiger charge is -2.23. The fraction of sp³-hybridized carbons (Fsp3) is 0.286. The van der Waals surface area contributed by atoms with Crippen molar-refractivity contribution in [2.45, 2.75) is 45.4 Å². The van der Waals surface area contributed by atoms with Crippen molar-refractivity contribution in [1.29, 1.82) is 0 Å². The van der Waals surface area contributed by atoms with E-state index in [0.29, 0.717) is 24.6 Å². The largest absolute Gasteiger partial charge is 0.350 e. The summed E-state index contributed by atoms with van der Waals surface area (Å²) in [6, 6.07) is 26.6. The summed E-state index contributed by atoms with van der Waals surface area (Å²) in [6.07, 6.45) is 0.420. The highest BCUT2D eigenvalue weighted by atomic mass is 16.2. The van der Waals surface area contributed by atoms with Gasteiger partial charge in [0.05, 0.1) is 0 Å². The van der Waals surface area contributed by atoms with Gasteiger partial charge in [-0.2, -0.15) is 0 Å². The van der Waals surface area contributed by atoms with Crippen LogP contribution in [0.15, 0.2) is 84.9 Å². The van der Waals surface area contributed by atoms with Crippen LogP contribution in [0.5, 0.6) is 0 Å². The third-order valence-electron chi connectivity index (χ3n) is 5.81. The zero-order valence-electron chi connectivity index (χ0n) is 19.6. The number of rotatable bonds is 10. The first-order valence-electron chi connectivity index (χ1n) is 11.4. The second-order valence-corrected chi connectivity index (χ2v) is 8.58. The highest BCUT2D eigenvalue weighted by molar-refractivity contribution is 5.97. The number of amides is 2. The van der Waals surface area contributed by atoms with Gasteiger partial charge in [0.15, 0.2) is 0 Å². The van der Waals surface area contributed by atoms with Crippen LogP contribution in [0.4, 0.5) is 0 Å². The molecule has 0 aromatic heterocycles. The van der Waals surface area contributed by atoms with Crippen LogP contribution in [0.2, 0.25) is 0 Å². The molecule has 5 nitrogen and oxygen atoms in total. The van der Waals surface area contributed by atoms with E-state index < -0.39 is 6.04 Å². The van der Waals surface area contributed by atoms with Crippen LogP contribution in [0.3, 0.4) is 0 Å². The number of nitrogens with zero attached hydrogens (tertiary/aromatic N) is 1. The Bertz CT molecular complexity index is 1040. The number of benzene rings is 3. The Labute approximate surface area is 196 Å². The lowest BCUT2D eigenvalue weighted by molar-refractivity contribution is -0.123. The van der Waals surface area contributed by atoms with Gasteiger partial charge in [-0.1, -0.05) is 72.8 Å². The normalized spacial score (nSPS) is 11.9. The Morgan fingerprint density at radius 1 is 0.818 bits per heavy atom. The van der Waals surface area contributed by atoms with Crippen LogP contribution < -0.4 is 10.6 Å². The van der Waals surface area contributed by atoms with Gasteiger partial charge in [-0.25, -0.2) is 0 Å². The number of carbonyl (C=O) groups excluding carboxylic acids is 2. The van der Waals surface area contributed by atoms with Crippen LogP contribution in [-0.4, -0.2) is 35.8 Å². The minimum absolute atomic E-state index is 0.199. The summed E-state index contributed by atoms with van der Waals surface area (Å²) in [4.78, 5) is 28.2. The van der Waals surface area contributed by atoms with Crippen LogP contribution in [0.1, 0.15) is 40.9 Å². The van der Waals surface area contributed by atoms with E-state index in [4.69, 9.17) is 0 Å². The molecular formula is C28H33N3O2. The molecule has 172 valence electrons. The number of hydrogen-bond donors (Lipinski definition) is 2. The maximum atomic E-state index is 13.2. The van der Waals surface area contributed by atoms with Crippen LogP contribution >= 0.6 is 0 Å². The lowest BCUT2D eigenvalue weighted by atomic mass is 10.0. The first-order chi connectivity index (χ1) is 15.9. The van der Waals surface area contributed by atoms with E-state index in [2.05, 4.69) is 42.5 Å². The van der Waals surface area contributed by atoms with Crippen molar-refractivity contribution in [1.82, 2.24) is 15.5 Å². The van der Waals surface area contributed by atoms with Gasteiger partial charge >= 0.3 is 0 Å². The Balaban J connectivity index is 1.72. The van der Waals surface area contributed by atoms with Crippen molar-refractivity contribution < 1.29 is 9.59 Å². The van der Waals surface area contributed by atoms with E-state index in [1.165, 1.54) is 5.56 Å². The zero-order chi connectivity index (χ0) is 23.6. The molecule has 3 rings (SSSR count). The highest BCUT2D eigenvalue weighted by Gasteiger charge is 2.22. The third-order valence-corrected chi connectivity index (χ3v) is 5.81. The minimum atomic E-state index is -0.675. The van der Waals surface area contributed by atoms with Crippen molar-refractivity contribution in [3.8, 4) is 0 Å². The summed E-state index contributed by atoms with van der Waals surface area (Å²) in [5.74, 6) is -0.458. The quantitative estimate of drug-likeness (QED) is 0.494. The molecule has 0 aliphatic rings. The van der Waals surface area contributed by atoms with Gasteiger partial charge in [-0.15, -0.1) is 0 Å². The maximum absolute atomic E-state index is 13.2. The van der Waals surface area contributed by atoms with Gasteiger partial charge in [0.2, 0.25) is 5.91 Å². The highest BCUT2D eigenvalue weighted by Crippen LogP contribution is 2.13. The van der Waals surface area contributed by atoms with Gasteiger partial charge in [-0.05, 0) is 49.7 Å². The summed E-state index contributed by atoms with van der Waals surface area (Å²) >= 11 is 0. The molecule has 0 saturated carbocycles. The van der Waals surface area contributed by atoms with Gasteiger partial charge in [0, 0.05) is 31.1 Å². The molecule has 2 N–H and O–H groups in total. The molecule has 0 saturated heterocycles. The predicted molar refractivity (Wildman–Crippen MR) is 133 cm³/mol. The summed E-state index contributed by atoms with van der Waals surface area (Å²) in [5, 5.41) is 5.97. The monoisotopic (exact) mass is 443 g/mol. The Morgan fingerprint density at radius 2 is 1.39 bits per heavy atom. The molecule has 0 bridgehead atoms. The summed E-state index contributed by atoms with van der Waals surface area (Å²) < 4.78 is 0. The molecule has 0 radical (unpaired) electrons. The average Bonchev–Trinajstić information content (AvgIpc) is 2.84. The Hall–Kier alpha value is -3.44. The number of hydrogen-bond acceptors (Lipinski definition) is 3. The fourth-order valence-electron chi connectivity index (χ4n) is 3.53. The van der Waals surface area contributed by atoms with Crippen molar-refractivity contribution in [2.24, 2.45) is 0 Å². The smallest absolute Gasteiger partial charge is 0.251 e. The summed E-state index contributed by atoms with van der Waals surface area (Å²) in [5.41, 5.74) is 3.78. The van der Waals surface area contributed by atoms with Crippen molar-refractivity contribution in [2.75, 3.05) is 7.05 Å². The molecule has 0 heterocycles. The molecule has 0 aliphatic heterocycles. The van der Waals surface area contributed by atoms with E-state index in [9.17, 15) is 9.59 Å². The number of nitrogens with one attached hydrogen (secondary N) is 2. The lowest BCUT2D eigenvalue weighted by Crippen LogP contribution is -2.47. The van der Waals surface area contributed by atoms with Crippen LogP contribution in [0.25, 0.3) is 0 Å². The second-order valence-electron chi connectivity index (χ2n) is 8.58. The molecule has 0 spiro atoms. The van der Waals surface area contributed by atoms with E-state index in [0.717, 1.165) is 17.7 Å². The molecule has 1 unspecified atom stereocenters. The fourth-order valence-corrected chi connectivity index (χ4v) is 3.53. The van der Waals surface area contributed by atoms with E-state index in [1.807, 2.05) is 66.7 Å². The topological polar surface area (TPSA) is 61.4 Å². The maximum Gasteiger partial charge on any atom is 0.251 e. The van der Waals surface area contributed by atoms with Crippen LogP contribution in [0, 0.1) is 0 Å². The average molecular weight is 444 g/mol. The van der Waals surface area contributed by atoms with Gasteiger partial charge in [0.1, 0.15) is 6.04 Å². The molecule has 2 amide bonds. The standard InChI is InChI=1S/C28H33N3O2/c1-21(2)31(3)20-25-17-11-10-16-24(25)19-29-28(33)26(18-22-12-6-4-7-13-22)30-27(32)23-14-8-5-9-15-23/h4-17,21,26H,18-20H2,1-3H3,(H,29,33)(H,30,32). The van der Waals surface area contributed by atoms with E-state index in [-0.39, 0.29) is 11.8 Å². The molecule has 3 aromatic rings. The Morgan fingerprint density at radius 3 is 2.03 bits per heavy atom. The Kier molecular flexibility index (Phi) is 8.79. The molecule has 33 heavy (non-hydrogen) atoms. The molecule has 5 heteroatoms. The summed E-state index contributed by atoms with van der Waals surface area (Å²) in [7, 11) is 2.09. The first-order valence-corrected chi connectivity index (χ1v) is 11.4. The van der Waals surface area contributed by atoms with Gasteiger partial charge in [0.25, 0.3) is 5.91 Å². The van der Waals surface area contributed by atoms with Crippen LogP contribution in [-0.2, 0) is 24.3 Å². The molecule has 0 fully saturated rings. The molecular weight excluding hydrogens is 410 g/mol. The van der Waals surface area contributed by atoms with E-state index >= 15 is 0 Å². The SMILES string of the molecule is CC(C)N(C)Cc1ccccc1CNC(=O)C(Cc1ccccc1)NC(=O)c1ccccc1. The number of carbonyl (C=O) groups is 2. The first kappa shape index (κ1) is 24.2. The van der Waals surface area contributed by atoms with Crippen molar-refractivity contribution in [3.05, 3.63) is 107 Å². The zero-order valence-corrected chi connectivity index (χ0v) is 19.6. The minimum Gasteiger partial charge on any atom is -0.350 e. The second kappa shape index (κ2) is 12.0. The molecule has 0 aliphatic carbocycles.